The van der Waals surface area contributed by atoms with Crippen LogP contribution < -0.4 is 0 Å². The highest BCUT2D eigenvalue weighted by Gasteiger charge is 2.23. The first-order chi connectivity index (χ1) is 7.22. The number of ether oxygens (including phenoxy) is 2. The number of esters is 1. The monoisotopic (exact) mass is 206 g/mol. The predicted molar refractivity (Wildman–Crippen MR) is 53.5 cm³/mol. The molecule has 0 N–H and O–H groups in total. The van der Waals surface area contributed by atoms with Crippen molar-refractivity contribution in [3.8, 4) is 0 Å². The zero-order valence-electron chi connectivity index (χ0n) is 8.23. The van der Waals surface area contributed by atoms with E-state index in [1.54, 1.807) is 24.2 Å². The summed E-state index contributed by atoms with van der Waals surface area (Å²) >= 11 is 0. The Labute approximate surface area is 87.2 Å². The van der Waals surface area contributed by atoms with Crippen molar-refractivity contribution < 1.29 is 19.1 Å². The van der Waals surface area contributed by atoms with Crippen LogP contribution in [0, 0.1) is 0 Å². The smallest absolute Gasteiger partial charge is 0.335 e. The van der Waals surface area contributed by atoms with E-state index in [1.165, 1.54) is 7.11 Å². The fourth-order valence-corrected chi connectivity index (χ4v) is 1.15. The van der Waals surface area contributed by atoms with E-state index in [4.69, 9.17) is 9.47 Å². The van der Waals surface area contributed by atoms with Gasteiger partial charge in [-0.2, -0.15) is 0 Å². The second-order valence-electron chi connectivity index (χ2n) is 2.73. The van der Waals surface area contributed by atoms with Gasteiger partial charge in [0.15, 0.2) is 6.10 Å². The van der Waals surface area contributed by atoms with Gasteiger partial charge in [0.2, 0.25) is 0 Å². The number of allylic oxidation sites excluding steroid dienone is 2. The van der Waals surface area contributed by atoms with E-state index >= 15 is 0 Å². The fourth-order valence-electron chi connectivity index (χ4n) is 1.15. The topological polar surface area (TPSA) is 52.6 Å². The SMILES string of the molecule is C=CC(=O)OC1=CC=CC(=C=O)C1OC. The third-order valence-electron chi connectivity index (χ3n) is 1.82. The molecule has 0 aromatic heterocycles. The van der Waals surface area contributed by atoms with Gasteiger partial charge in [0.25, 0.3) is 0 Å². The molecule has 1 atom stereocenters. The lowest BCUT2D eigenvalue weighted by atomic mass is 10.0. The predicted octanol–water partition coefficient (Wildman–Crippen LogP) is 0.942. The molecule has 0 amide bonds. The van der Waals surface area contributed by atoms with Crippen LogP contribution in [0.3, 0.4) is 0 Å². The van der Waals surface area contributed by atoms with Crippen molar-refractivity contribution >= 4 is 11.9 Å². The van der Waals surface area contributed by atoms with Crippen molar-refractivity contribution in [3.05, 3.63) is 42.2 Å². The maximum atomic E-state index is 11.0. The van der Waals surface area contributed by atoms with Crippen LogP contribution in [0.4, 0.5) is 0 Å². The second-order valence-corrected chi connectivity index (χ2v) is 2.73. The molecule has 78 valence electrons. The quantitative estimate of drug-likeness (QED) is 0.392. The zero-order chi connectivity index (χ0) is 11.3. The van der Waals surface area contributed by atoms with Crippen LogP contribution in [-0.2, 0) is 19.1 Å². The second kappa shape index (κ2) is 5.10. The molecule has 4 nitrogen and oxygen atoms in total. The molecule has 0 radical (unpaired) electrons. The van der Waals surface area contributed by atoms with Crippen molar-refractivity contribution in [3.63, 3.8) is 0 Å². The highest BCUT2D eigenvalue weighted by molar-refractivity contribution is 5.82. The Balaban J connectivity index is 2.91. The lowest BCUT2D eigenvalue weighted by molar-refractivity contribution is -0.135. The minimum absolute atomic E-state index is 0.253. The molecule has 0 heterocycles. The van der Waals surface area contributed by atoms with Gasteiger partial charge in [-0.1, -0.05) is 12.7 Å². The number of methoxy groups -OCH3 is 1. The summed E-state index contributed by atoms with van der Waals surface area (Å²) in [7, 11) is 1.41. The molecule has 1 aliphatic carbocycles. The Hall–Kier alpha value is -1.90. The molecule has 0 spiro atoms. The third kappa shape index (κ3) is 2.53. The molecule has 1 unspecified atom stereocenters. The summed E-state index contributed by atoms with van der Waals surface area (Å²) in [6.45, 7) is 3.27. The Morgan fingerprint density at radius 3 is 2.93 bits per heavy atom. The summed E-state index contributed by atoms with van der Waals surface area (Å²) < 4.78 is 9.93. The van der Waals surface area contributed by atoms with Gasteiger partial charge in [-0.05, 0) is 12.2 Å². The van der Waals surface area contributed by atoms with E-state index in [2.05, 4.69) is 6.58 Å². The van der Waals surface area contributed by atoms with Crippen molar-refractivity contribution in [2.45, 2.75) is 6.10 Å². The summed E-state index contributed by atoms with van der Waals surface area (Å²) in [4.78, 5) is 21.5. The zero-order valence-corrected chi connectivity index (χ0v) is 8.23. The van der Waals surface area contributed by atoms with Gasteiger partial charge in [0.1, 0.15) is 11.7 Å². The Morgan fingerprint density at radius 1 is 1.67 bits per heavy atom. The summed E-state index contributed by atoms with van der Waals surface area (Å²) in [5.41, 5.74) is 0.284. The summed E-state index contributed by atoms with van der Waals surface area (Å²) in [5.74, 6) is 1.38. The lowest BCUT2D eigenvalue weighted by Crippen LogP contribution is -2.22. The summed E-state index contributed by atoms with van der Waals surface area (Å²) in [5, 5.41) is 0. The molecule has 1 aliphatic rings. The van der Waals surface area contributed by atoms with Gasteiger partial charge in [-0.3, -0.25) is 0 Å². The van der Waals surface area contributed by atoms with Crippen molar-refractivity contribution in [2.75, 3.05) is 7.11 Å². The summed E-state index contributed by atoms with van der Waals surface area (Å²) in [6, 6.07) is 0. The molecule has 15 heavy (non-hydrogen) atoms. The molecule has 0 bridgehead atoms. The molecular weight excluding hydrogens is 196 g/mol. The van der Waals surface area contributed by atoms with Gasteiger partial charge in [-0.15, -0.1) is 0 Å². The number of hydrogen-bond acceptors (Lipinski definition) is 4. The van der Waals surface area contributed by atoms with Crippen LogP contribution in [0.1, 0.15) is 0 Å². The highest BCUT2D eigenvalue weighted by atomic mass is 16.6. The van der Waals surface area contributed by atoms with Crippen LogP contribution >= 0.6 is 0 Å². The maximum Gasteiger partial charge on any atom is 0.335 e. The maximum absolute atomic E-state index is 11.0. The van der Waals surface area contributed by atoms with Gasteiger partial charge >= 0.3 is 5.97 Å². The molecule has 0 saturated carbocycles. The Kier molecular flexibility index (Phi) is 3.80. The minimum atomic E-state index is -0.684. The largest absolute Gasteiger partial charge is 0.425 e. The molecule has 0 aromatic rings. The van der Waals surface area contributed by atoms with E-state index in [-0.39, 0.29) is 11.3 Å². The van der Waals surface area contributed by atoms with Crippen molar-refractivity contribution in [2.24, 2.45) is 0 Å². The van der Waals surface area contributed by atoms with Crippen LogP contribution in [0.25, 0.3) is 0 Å². The first-order valence-electron chi connectivity index (χ1n) is 4.23. The molecular formula is C11H10O4. The standard InChI is InChI=1S/C11H10O4/c1-3-10(13)15-9-6-4-5-8(7-12)11(9)14-2/h3-6,11H,1H2,2H3. The van der Waals surface area contributed by atoms with Gasteiger partial charge < -0.3 is 9.47 Å². The van der Waals surface area contributed by atoms with Gasteiger partial charge in [0.05, 0.1) is 5.57 Å². The van der Waals surface area contributed by atoms with Gasteiger partial charge in [-0.25, -0.2) is 9.59 Å². The third-order valence-corrected chi connectivity index (χ3v) is 1.82. The first-order valence-corrected chi connectivity index (χ1v) is 4.23. The average molecular weight is 206 g/mol. The van der Waals surface area contributed by atoms with Gasteiger partial charge in [0, 0.05) is 13.2 Å². The molecule has 0 aliphatic heterocycles. The van der Waals surface area contributed by atoms with Crippen molar-refractivity contribution in [1.82, 2.24) is 0 Å². The molecule has 0 saturated heterocycles. The van der Waals surface area contributed by atoms with E-state index < -0.39 is 12.1 Å². The number of rotatable bonds is 3. The lowest BCUT2D eigenvalue weighted by Gasteiger charge is -2.19. The number of carbonyl (C=O) groups excluding carboxylic acids is 2. The van der Waals surface area contributed by atoms with E-state index in [0.29, 0.717) is 0 Å². The fraction of sp³-hybridized carbons (Fsp3) is 0.182. The van der Waals surface area contributed by atoms with E-state index in [9.17, 15) is 9.59 Å². The van der Waals surface area contributed by atoms with Crippen LogP contribution in [-0.4, -0.2) is 25.1 Å². The van der Waals surface area contributed by atoms with Crippen LogP contribution in [0.5, 0.6) is 0 Å². The normalized spacial score (nSPS) is 19.1. The molecule has 0 aromatic carbocycles. The highest BCUT2D eigenvalue weighted by Crippen LogP contribution is 2.20. The molecule has 0 fully saturated rings. The van der Waals surface area contributed by atoms with E-state index in [1.807, 2.05) is 0 Å². The molecule has 4 heteroatoms. The van der Waals surface area contributed by atoms with Crippen LogP contribution in [0.2, 0.25) is 0 Å². The Morgan fingerprint density at radius 2 is 2.40 bits per heavy atom. The minimum Gasteiger partial charge on any atom is -0.425 e. The Bertz CT molecular complexity index is 383. The van der Waals surface area contributed by atoms with E-state index in [0.717, 1.165) is 6.08 Å². The van der Waals surface area contributed by atoms with Crippen LogP contribution in [0.15, 0.2) is 42.2 Å². The number of hydrogen-bond donors (Lipinski definition) is 0. The first kappa shape index (κ1) is 11.2. The van der Waals surface area contributed by atoms with Crippen molar-refractivity contribution in [1.29, 1.82) is 0 Å². The molecule has 1 rings (SSSR count). The average Bonchev–Trinajstić information content (AvgIpc) is 2.28. The number of carbonyl (C=O) groups is 1. The summed E-state index contributed by atoms with van der Waals surface area (Å²) in [6.07, 6.45) is 5.04.